The maximum atomic E-state index is 12.1. The number of hydrogen-bond acceptors (Lipinski definition) is 11. The second-order valence-electron chi connectivity index (χ2n) is 22.0. The second kappa shape index (κ2) is 55.7. The van der Waals surface area contributed by atoms with Crippen molar-refractivity contribution in [3.8, 4) is 11.5 Å². The molecule has 0 aliphatic heterocycles. The van der Waals surface area contributed by atoms with Gasteiger partial charge in [0.2, 0.25) is 0 Å². The van der Waals surface area contributed by atoms with E-state index >= 15 is 0 Å². The molecule has 0 radical (unpaired) electrons. The Balaban J connectivity index is 1.71. The zero-order valence-electron chi connectivity index (χ0n) is 49.7. The lowest BCUT2D eigenvalue weighted by atomic mass is 10.0. The zero-order chi connectivity index (χ0) is 57.3. The summed E-state index contributed by atoms with van der Waals surface area (Å²) in [4.78, 5) is 56.3. The molecule has 0 saturated carbocycles. The predicted molar refractivity (Wildman–Crippen MR) is 316 cm³/mol. The van der Waals surface area contributed by atoms with E-state index in [0.29, 0.717) is 24.5 Å². The van der Waals surface area contributed by atoms with Crippen LogP contribution in [0.5, 0.6) is 11.5 Å². The number of carboxylic acids is 3. The Morgan fingerprint density at radius 1 is 0.418 bits per heavy atom. The molecule has 0 saturated heterocycles. The molecule has 0 heterocycles. The fourth-order valence-electron chi connectivity index (χ4n) is 9.92. The second-order valence-corrected chi connectivity index (χ2v) is 22.0. The van der Waals surface area contributed by atoms with Crippen molar-refractivity contribution in [2.24, 2.45) is 0 Å². The van der Waals surface area contributed by atoms with Crippen LogP contribution in [0.25, 0.3) is 6.08 Å². The van der Waals surface area contributed by atoms with Crippen molar-refractivity contribution in [1.82, 2.24) is 0 Å². The first-order valence-electron chi connectivity index (χ1n) is 31.8. The van der Waals surface area contributed by atoms with Gasteiger partial charge in [0, 0.05) is 12.5 Å². The number of benzene rings is 1. The largest absolute Gasteiger partial charge is 0.493 e. The number of carbonyl (C=O) groups is 5. The summed E-state index contributed by atoms with van der Waals surface area (Å²) in [6, 6.07) is 5.03. The first-order chi connectivity index (χ1) is 38.6. The van der Waals surface area contributed by atoms with Gasteiger partial charge in [0.05, 0.1) is 20.3 Å². The standard InChI is InChI=1S/C65H112O14/c1-74-60-51-57(46-48-59(60)78-56-63(70)71)47-49-65(73)76-50-44-42-40-38-36-34-32-30-28-26-24-22-20-18-16-14-12-10-8-6-4-2-3-5-7-9-11-13-15-17-19-21-23-25-27-29-31-33-35-37-39-41-43-45-64(72)79-53-58(77-55-62(68)69)52-75-54-61(66)67/h46-49,51,58H,2-45,50,52-56H2,1H3,(H,66,67)(H,68,69)(H,70,71). The lowest BCUT2D eigenvalue weighted by molar-refractivity contribution is -0.157. The van der Waals surface area contributed by atoms with Crippen molar-refractivity contribution in [3.63, 3.8) is 0 Å². The summed E-state index contributed by atoms with van der Waals surface area (Å²) in [7, 11) is 1.48. The molecule has 0 aromatic heterocycles. The molecule has 0 bridgehead atoms. The summed E-state index contributed by atoms with van der Waals surface area (Å²) in [5.74, 6) is -3.39. The lowest BCUT2D eigenvalue weighted by Gasteiger charge is -2.16. The normalized spacial score (nSPS) is 11.8. The van der Waals surface area contributed by atoms with Crippen LogP contribution in [0.4, 0.5) is 0 Å². The Morgan fingerprint density at radius 3 is 1.13 bits per heavy atom. The van der Waals surface area contributed by atoms with Crippen molar-refractivity contribution >= 4 is 35.9 Å². The van der Waals surface area contributed by atoms with Crippen molar-refractivity contribution < 1.29 is 67.7 Å². The van der Waals surface area contributed by atoms with Crippen LogP contribution in [-0.4, -0.2) is 98.0 Å². The van der Waals surface area contributed by atoms with Crippen LogP contribution in [0.15, 0.2) is 24.3 Å². The lowest BCUT2D eigenvalue weighted by Crippen LogP contribution is -2.30. The molecule has 0 aliphatic carbocycles. The summed E-state index contributed by atoms with van der Waals surface area (Å²) in [6.45, 7) is -1.48. The van der Waals surface area contributed by atoms with Gasteiger partial charge in [-0.05, 0) is 36.6 Å². The van der Waals surface area contributed by atoms with Gasteiger partial charge in [-0.1, -0.05) is 269 Å². The Kier molecular flexibility index (Phi) is 51.4. The summed E-state index contributed by atoms with van der Waals surface area (Å²) >= 11 is 0. The molecular weight excluding hydrogens is 1000 g/mol. The molecule has 79 heavy (non-hydrogen) atoms. The third-order valence-electron chi connectivity index (χ3n) is 14.6. The topological polar surface area (TPSA) is 201 Å². The molecule has 0 spiro atoms. The van der Waals surface area contributed by atoms with Crippen LogP contribution in [0.1, 0.15) is 288 Å². The smallest absolute Gasteiger partial charge is 0.341 e. The van der Waals surface area contributed by atoms with Crippen molar-refractivity contribution in [2.45, 2.75) is 289 Å². The summed E-state index contributed by atoms with van der Waals surface area (Å²) in [6.07, 6.45) is 59.6. The number of carboxylic acid groups (broad SMARTS) is 3. The molecule has 3 N–H and O–H groups in total. The molecule has 1 unspecified atom stereocenters. The van der Waals surface area contributed by atoms with Crippen molar-refractivity contribution in [1.29, 1.82) is 0 Å². The number of hydrogen-bond donors (Lipinski definition) is 3. The van der Waals surface area contributed by atoms with Crippen LogP contribution in [0.2, 0.25) is 0 Å². The van der Waals surface area contributed by atoms with E-state index < -0.39 is 43.8 Å². The van der Waals surface area contributed by atoms with Gasteiger partial charge in [-0.25, -0.2) is 19.2 Å². The highest BCUT2D eigenvalue weighted by molar-refractivity contribution is 5.87. The van der Waals surface area contributed by atoms with E-state index in [1.807, 2.05) is 0 Å². The SMILES string of the molecule is COc1cc(C=CC(=O)OCCCCCCCCCCCCCCCCCCCCCCCCCCCCCCCCCCCCCCCCCCCCCC(=O)OCC(COCC(=O)O)OCC(=O)O)ccc1OCC(=O)O. The first kappa shape index (κ1) is 72.8. The number of ether oxygens (including phenoxy) is 6. The minimum absolute atomic E-state index is 0.168. The predicted octanol–water partition coefficient (Wildman–Crippen LogP) is 17.0. The van der Waals surface area contributed by atoms with E-state index in [-0.39, 0.29) is 25.2 Å². The minimum Gasteiger partial charge on any atom is -0.493 e. The van der Waals surface area contributed by atoms with E-state index in [9.17, 15) is 24.0 Å². The summed E-state index contributed by atoms with van der Waals surface area (Å²) in [5, 5.41) is 26.3. The van der Waals surface area contributed by atoms with Crippen molar-refractivity contribution in [3.05, 3.63) is 29.8 Å². The van der Waals surface area contributed by atoms with Gasteiger partial charge in [-0.3, -0.25) is 4.79 Å². The summed E-state index contributed by atoms with van der Waals surface area (Å²) in [5.41, 5.74) is 0.726. The quantitative estimate of drug-likeness (QED) is 0.0316. The molecule has 1 aromatic rings. The van der Waals surface area contributed by atoms with Gasteiger partial charge >= 0.3 is 29.8 Å². The number of aliphatic carboxylic acids is 3. The highest BCUT2D eigenvalue weighted by Gasteiger charge is 2.16. The highest BCUT2D eigenvalue weighted by Crippen LogP contribution is 2.29. The number of unbranched alkanes of at least 4 members (excludes halogenated alkanes) is 42. The molecule has 456 valence electrons. The molecule has 1 rings (SSSR count). The average molecular weight is 1120 g/mol. The van der Waals surface area contributed by atoms with E-state index in [1.54, 1.807) is 24.3 Å². The molecule has 1 atom stereocenters. The van der Waals surface area contributed by atoms with E-state index in [4.69, 9.17) is 43.7 Å². The van der Waals surface area contributed by atoms with Gasteiger partial charge in [-0.2, -0.15) is 0 Å². The van der Waals surface area contributed by atoms with Gasteiger partial charge in [0.15, 0.2) is 18.1 Å². The Labute approximate surface area is 478 Å². The molecular formula is C65H112O14. The van der Waals surface area contributed by atoms with Crippen LogP contribution >= 0.6 is 0 Å². The van der Waals surface area contributed by atoms with Crippen LogP contribution < -0.4 is 9.47 Å². The van der Waals surface area contributed by atoms with Crippen LogP contribution in [-0.2, 0) is 42.9 Å². The Morgan fingerprint density at radius 2 is 0.772 bits per heavy atom. The number of esters is 2. The van der Waals surface area contributed by atoms with E-state index in [1.165, 1.54) is 257 Å². The van der Waals surface area contributed by atoms with Gasteiger partial charge in [0.25, 0.3) is 0 Å². The average Bonchev–Trinajstić information content (AvgIpc) is 3.43. The first-order valence-corrected chi connectivity index (χ1v) is 31.8. The highest BCUT2D eigenvalue weighted by atomic mass is 16.6. The Hall–Kier alpha value is -4.17. The number of rotatable bonds is 61. The molecule has 14 heteroatoms. The fraction of sp³-hybridized carbons (Fsp3) is 0.800. The molecule has 0 amide bonds. The van der Waals surface area contributed by atoms with E-state index in [0.717, 1.165) is 37.7 Å². The van der Waals surface area contributed by atoms with Gasteiger partial charge in [-0.15, -0.1) is 0 Å². The summed E-state index contributed by atoms with van der Waals surface area (Å²) < 4.78 is 31.1. The van der Waals surface area contributed by atoms with Gasteiger partial charge in [0.1, 0.15) is 25.9 Å². The Bertz CT molecular complexity index is 1650. The molecule has 0 fully saturated rings. The van der Waals surface area contributed by atoms with Gasteiger partial charge < -0.3 is 43.7 Å². The third-order valence-corrected chi connectivity index (χ3v) is 14.6. The minimum atomic E-state index is -1.17. The molecule has 1 aromatic carbocycles. The molecule has 0 aliphatic rings. The zero-order valence-corrected chi connectivity index (χ0v) is 49.7. The number of carbonyl (C=O) groups excluding carboxylic acids is 2. The number of methoxy groups -OCH3 is 1. The third kappa shape index (κ3) is 51.7. The monoisotopic (exact) mass is 1120 g/mol. The maximum Gasteiger partial charge on any atom is 0.341 e. The van der Waals surface area contributed by atoms with Crippen LogP contribution in [0, 0.1) is 0 Å². The maximum absolute atomic E-state index is 12.1. The van der Waals surface area contributed by atoms with Crippen LogP contribution in [0.3, 0.4) is 0 Å². The fourth-order valence-corrected chi connectivity index (χ4v) is 9.92. The van der Waals surface area contributed by atoms with E-state index in [2.05, 4.69) is 0 Å². The van der Waals surface area contributed by atoms with Crippen molar-refractivity contribution in [2.75, 3.05) is 46.8 Å². The molecule has 14 nitrogen and oxygen atoms in total.